The van der Waals surface area contributed by atoms with Gasteiger partial charge in [0.1, 0.15) is 0 Å². The Balaban J connectivity index is 1.89. The van der Waals surface area contributed by atoms with Crippen LogP contribution in [0.3, 0.4) is 0 Å². The zero-order valence-electron chi connectivity index (χ0n) is 9.73. The van der Waals surface area contributed by atoms with Gasteiger partial charge in [-0.1, -0.05) is 12.8 Å². The highest BCUT2D eigenvalue weighted by molar-refractivity contribution is 4.90. The van der Waals surface area contributed by atoms with Crippen LogP contribution in [0.1, 0.15) is 39.0 Å². The van der Waals surface area contributed by atoms with Crippen molar-refractivity contribution in [2.45, 2.75) is 57.2 Å². The lowest BCUT2D eigenvalue weighted by molar-refractivity contribution is 0.111. The van der Waals surface area contributed by atoms with Crippen LogP contribution in [0.15, 0.2) is 0 Å². The molecular weight excluding hydrogens is 188 g/mol. The van der Waals surface area contributed by atoms with Crippen molar-refractivity contribution in [3.05, 3.63) is 0 Å². The Bertz CT molecular complexity index is 208. The molecule has 4 unspecified atom stereocenters. The largest absolute Gasteiger partial charge is 0.393 e. The first kappa shape index (κ1) is 11.4. The summed E-state index contributed by atoms with van der Waals surface area (Å²) in [6, 6.07) is 0.953. The molecule has 88 valence electrons. The number of nitrogens with zero attached hydrogens (tertiary/aromatic N) is 1. The fraction of sp³-hybridized carbons (Fsp3) is 1.00. The molecule has 0 aromatic heterocycles. The van der Waals surface area contributed by atoms with Gasteiger partial charge < -0.3 is 10.8 Å². The average Bonchev–Trinajstić information content (AvgIpc) is 2.67. The molecule has 0 aromatic carbocycles. The first-order valence-corrected chi connectivity index (χ1v) is 6.36. The predicted octanol–water partition coefficient (Wildman–Crippen LogP) is 0.959. The third kappa shape index (κ3) is 2.52. The zero-order valence-corrected chi connectivity index (χ0v) is 9.73. The molecule has 0 spiro atoms. The van der Waals surface area contributed by atoms with Crippen LogP contribution in [0.25, 0.3) is 0 Å². The van der Waals surface area contributed by atoms with Crippen LogP contribution in [-0.2, 0) is 0 Å². The fourth-order valence-corrected chi connectivity index (χ4v) is 3.10. The molecular formula is C12H24N2O. The topological polar surface area (TPSA) is 49.5 Å². The second-order valence-electron chi connectivity index (χ2n) is 5.30. The first-order chi connectivity index (χ1) is 7.18. The molecule has 15 heavy (non-hydrogen) atoms. The molecule has 4 atom stereocenters. The van der Waals surface area contributed by atoms with Crippen molar-refractivity contribution in [1.82, 2.24) is 4.90 Å². The summed E-state index contributed by atoms with van der Waals surface area (Å²) in [6.07, 6.45) is 6.05. The van der Waals surface area contributed by atoms with E-state index in [4.69, 9.17) is 5.73 Å². The number of nitrogens with two attached hydrogens (primary N) is 1. The summed E-state index contributed by atoms with van der Waals surface area (Å²) >= 11 is 0. The molecule has 3 heteroatoms. The lowest BCUT2D eigenvalue weighted by Gasteiger charge is -2.36. The van der Waals surface area contributed by atoms with Crippen molar-refractivity contribution < 1.29 is 5.11 Å². The number of likely N-dealkylation sites (tertiary alicyclic amines) is 1. The standard InChI is InChI=1S/C12H24N2O/c1-9(15)10-6-7-14(8-10)12-5-3-2-4-11(12)13/h9-12,15H,2-8,13H2,1H3. The first-order valence-electron chi connectivity index (χ1n) is 6.36. The van der Waals surface area contributed by atoms with E-state index in [9.17, 15) is 5.11 Å². The van der Waals surface area contributed by atoms with Crippen LogP contribution in [-0.4, -0.2) is 41.3 Å². The third-order valence-electron chi connectivity index (χ3n) is 4.19. The molecule has 2 aliphatic rings. The minimum Gasteiger partial charge on any atom is -0.393 e. The predicted molar refractivity (Wildman–Crippen MR) is 61.6 cm³/mol. The number of hydrogen-bond acceptors (Lipinski definition) is 3. The third-order valence-corrected chi connectivity index (χ3v) is 4.19. The SMILES string of the molecule is CC(O)C1CCN(C2CCCCC2N)C1. The Hall–Kier alpha value is -0.120. The molecule has 1 aliphatic carbocycles. The summed E-state index contributed by atoms with van der Waals surface area (Å²) in [7, 11) is 0. The molecule has 2 rings (SSSR count). The average molecular weight is 212 g/mol. The summed E-state index contributed by atoms with van der Waals surface area (Å²) in [5.74, 6) is 0.471. The second kappa shape index (κ2) is 4.81. The number of rotatable bonds is 2. The van der Waals surface area contributed by atoms with Gasteiger partial charge in [-0.15, -0.1) is 0 Å². The molecule has 0 amide bonds. The van der Waals surface area contributed by atoms with Gasteiger partial charge in [-0.25, -0.2) is 0 Å². The summed E-state index contributed by atoms with van der Waals surface area (Å²) < 4.78 is 0. The molecule has 3 N–H and O–H groups in total. The van der Waals surface area contributed by atoms with Crippen molar-refractivity contribution in [3.63, 3.8) is 0 Å². The molecule has 2 fully saturated rings. The molecule has 0 radical (unpaired) electrons. The van der Waals surface area contributed by atoms with Gasteiger partial charge in [-0.05, 0) is 38.6 Å². The van der Waals surface area contributed by atoms with Crippen LogP contribution in [0.4, 0.5) is 0 Å². The van der Waals surface area contributed by atoms with Gasteiger partial charge >= 0.3 is 0 Å². The summed E-state index contributed by atoms with van der Waals surface area (Å²) in [5, 5.41) is 9.58. The van der Waals surface area contributed by atoms with E-state index in [0.29, 0.717) is 18.0 Å². The van der Waals surface area contributed by atoms with E-state index >= 15 is 0 Å². The number of hydrogen-bond donors (Lipinski definition) is 2. The van der Waals surface area contributed by atoms with Crippen molar-refractivity contribution in [2.75, 3.05) is 13.1 Å². The monoisotopic (exact) mass is 212 g/mol. The number of aliphatic hydroxyl groups is 1. The molecule has 3 nitrogen and oxygen atoms in total. The van der Waals surface area contributed by atoms with Crippen LogP contribution >= 0.6 is 0 Å². The van der Waals surface area contributed by atoms with E-state index in [-0.39, 0.29) is 6.10 Å². The van der Waals surface area contributed by atoms with Crippen molar-refractivity contribution in [3.8, 4) is 0 Å². The van der Waals surface area contributed by atoms with Gasteiger partial charge in [-0.3, -0.25) is 4.90 Å². The van der Waals surface area contributed by atoms with Gasteiger partial charge in [0.2, 0.25) is 0 Å². The molecule has 1 saturated carbocycles. The maximum absolute atomic E-state index is 9.58. The van der Waals surface area contributed by atoms with E-state index in [1.165, 1.54) is 25.7 Å². The second-order valence-corrected chi connectivity index (χ2v) is 5.30. The smallest absolute Gasteiger partial charge is 0.0552 e. The van der Waals surface area contributed by atoms with Gasteiger partial charge in [-0.2, -0.15) is 0 Å². The van der Waals surface area contributed by atoms with Crippen molar-refractivity contribution in [2.24, 2.45) is 11.7 Å². The summed E-state index contributed by atoms with van der Waals surface area (Å²) in [6.45, 7) is 4.10. The fourth-order valence-electron chi connectivity index (χ4n) is 3.10. The van der Waals surface area contributed by atoms with E-state index in [0.717, 1.165) is 19.5 Å². The Labute approximate surface area is 92.6 Å². The summed E-state index contributed by atoms with van der Waals surface area (Å²) in [4.78, 5) is 2.52. The normalized spacial score (nSPS) is 40.6. The van der Waals surface area contributed by atoms with Crippen LogP contribution in [0, 0.1) is 5.92 Å². The molecule has 1 aliphatic heterocycles. The van der Waals surface area contributed by atoms with Gasteiger partial charge in [0.25, 0.3) is 0 Å². The molecule has 1 saturated heterocycles. The zero-order chi connectivity index (χ0) is 10.8. The van der Waals surface area contributed by atoms with E-state index in [1.807, 2.05) is 6.92 Å². The minimum absolute atomic E-state index is 0.158. The Morgan fingerprint density at radius 2 is 2.00 bits per heavy atom. The Kier molecular flexibility index (Phi) is 3.65. The quantitative estimate of drug-likeness (QED) is 0.717. The lowest BCUT2D eigenvalue weighted by atomic mass is 9.90. The van der Waals surface area contributed by atoms with E-state index < -0.39 is 0 Å². The van der Waals surface area contributed by atoms with Crippen molar-refractivity contribution in [1.29, 1.82) is 0 Å². The Morgan fingerprint density at radius 1 is 1.27 bits per heavy atom. The maximum atomic E-state index is 9.58. The highest BCUT2D eigenvalue weighted by Gasteiger charge is 2.34. The highest BCUT2D eigenvalue weighted by Crippen LogP contribution is 2.28. The van der Waals surface area contributed by atoms with Crippen LogP contribution in [0.2, 0.25) is 0 Å². The van der Waals surface area contributed by atoms with E-state index in [2.05, 4.69) is 4.90 Å². The minimum atomic E-state index is -0.158. The molecule has 1 heterocycles. The van der Waals surface area contributed by atoms with E-state index in [1.54, 1.807) is 0 Å². The number of aliphatic hydroxyl groups excluding tert-OH is 1. The summed E-state index contributed by atoms with van der Waals surface area (Å²) in [5.41, 5.74) is 6.18. The maximum Gasteiger partial charge on any atom is 0.0552 e. The molecule has 0 aromatic rings. The van der Waals surface area contributed by atoms with Gasteiger partial charge in [0.05, 0.1) is 6.10 Å². The Morgan fingerprint density at radius 3 is 2.60 bits per heavy atom. The van der Waals surface area contributed by atoms with Crippen molar-refractivity contribution >= 4 is 0 Å². The van der Waals surface area contributed by atoms with Crippen LogP contribution in [0.5, 0.6) is 0 Å². The van der Waals surface area contributed by atoms with Gasteiger partial charge in [0.15, 0.2) is 0 Å². The highest BCUT2D eigenvalue weighted by atomic mass is 16.3. The van der Waals surface area contributed by atoms with Gasteiger partial charge in [0, 0.05) is 18.6 Å². The lowest BCUT2D eigenvalue weighted by Crippen LogP contribution is -2.48. The van der Waals surface area contributed by atoms with Crippen LogP contribution < -0.4 is 5.73 Å². The molecule has 0 bridgehead atoms.